The zero-order valence-corrected chi connectivity index (χ0v) is 20.3. The Kier molecular flexibility index (Phi) is 6.08. The third-order valence-corrected chi connectivity index (χ3v) is 8.25. The summed E-state index contributed by atoms with van der Waals surface area (Å²) in [5.74, 6) is 0.603. The number of ether oxygens (including phenoxy) is 2. The van der Waals surface area contributed by atoms with Crippen LogP contribution in [0.3, 0.4) is 0 Å². The van der Waals surface area contributed by atoms with Crippen LogP contribution in [0.2, 0.25) is 0 Å². The van der Waals surface area contributed by atoms with Crippen molar-refractivity contribution in [2.75, 3.05) is 6.61 Å². The quantitative estimate of drug-likeness (QED) is 0.280. The van der Waals surface area contributed by atoms with Crippen LogP contribution < -0.4 is 9.47 Å². The molecule has 0 spiro atoms. The van der Waals surface area contributed by atoms with Crippen LogP contribution in [-0.2, 0) is 9.59 Å². The Labute approximate surface area is 192 Å². The van der Waals surface area contributed by atoms with Gasteiger partial charge in [0.15, 0.2) is 11.5 Å². The molecule has 2 bridgehead atoms. The molecule has 5 atom stereocenters. The van der Waals surface area contributed by atoms with Gasteiger partial charge in [0, 0.05) is 10.0 Å². The topological polar surface area (TPSA) is 68.2 Å². The molecule has 0 N–H and O–H groups in total. The average Bonchev–Trinajstić information content (AvgIpc) is 3.41. The van der Waals surface area contributed by atoms with E-state index in [1.165, 1.54) is 6.21 Å². The molecule has 2 fully saturated rings. The van der Waals surface area contributed by atoms with Gasteiger partial charge in [-0.2, -0.15) is 10.1 Å². The van der Waals surface area contributed by atoms with E-state index in [0.717, 1.165) is 17.9 Å². The van der Waals surface area contributed by atoms with Crippen molar-refractivity contribution >= 4 is 49.9 Å². The van der Waals surface area contributed by atoms with Crippen LogP contribution in [0.25, 0.3) is 0 Å². The molecule has 1 aromatic carbocycles. The zero-order valence-electron chi connectivity index (χ0n) is 17.1. The van der Waals surface area contributed by atoms with Gasteiger partial charge in [-0.1, -0.05) is 19.1 Å². The molecule has 8 heteroatoms. The number of carbonyl (C=O) groups is 2. The molecule has 3 aliphatic rings. The summed E-state index contributed by atoms with van der Waals surface area (Å²) < 4.78 is 13.2. The molecule has 1 saturated carbocycles. The summed E-state index contributed by atoms with van der Waals surface area (Å²) in [5.41, 5.74) is 0.681. The van der Waals surface area contributed by atoms with Crippen LogP contribution >= 0.6 is 31.9 Å². The summed E-state index contributed by atoms with van der Waals surface area (Å²) in [7, 11) is 0. The maximum absolute atomic E-state index is 12.8. The lowest BCUT2D eigenvalue weighted by Crippen LogP contribution is -2.28. The third kappa shape index (κ3) is 3.51. The number of allylic oxidation sites excluding steroid dienone is 2. The SMILES string of the molecule is CCOc1cc(C=NN2C(=O)[C@@H]3[C@H](C2=O)[C@H]2C=C[C@H]3C2)c(Br)c(Br)c1O[C@H](C)CC. The van der Waals surface area contributed by atoms with Gasteiger partial charge in [0.25, 0.3) is 11.8 Å². The monoisotopic (exact) mass is 538 g/mol. The minimum atomic E-state index is -0.259. The molecule has 30 heavy (non-hydrogen) atoms. The van der Waals surface area contributed by atoms with Crippen LogP contribution in [0.5, 0.6) is 11.5 Å². The molecule has 0 radical (unpaired) electrons. The zero-order chi connectivity index (χ0) is 21.6. The number of benzene rings is 1. The van der Waals surface area contributed by atoms with Gasteiger partial charge in [-0.05, 0) is 76.5 Å². The van der Waals surface area contributed by atoms with E-state index in [2.05, 4.69) is 56.0 Å². The van der Waals surface area contributed by atoms with Gasteiger partial charge in [-0.25, -0.2) is 0 Å². The predicted molar refractivity (Wildman–Crippen MR) is 121 cm³/mol. The van der Waals surface area contributed by atoms with Crippen molar-refractivity contribution in [3.05, 3.63) is 32.7 Å². The molecule has 4 rings (SSSR count). The summed E-state index contributed by atoms with van der Waals surface area (Å²) in [4.78, 5) is 25.7. The fourth-order valence-electron chi connectivity index (χ4n) is 4.48. The Balaban J connectivity index is 1.62. The van der Waals surface area contributed by atoms with E-state index in [-0.39, 0.29) is 41.6 Å². The number of rotatable bonds is 7. The molecule has 1 aromatic rings. The van der Waals surface area contributed by atoms with E-state index in [0.29, 0.717) is 32.6 Å². The van der Waals surface area contributed by atoms with Crippen molar-refractivity contribution in [2.24, 2.45) is 28.8 Å². The standard InChI is InChI=1S/C22H24Br2N2O4/c1-4-11(3)30-20-15(29-5-2)9-14(18(23)19(20)24)10-25-26-21(27)16-12-6-7-13(8-12)17(16)22(26)28/h6-7,9-13,16-17H,4-5,8H2,1-3H3/t11-,12+,13+,16-,17+/m1/s1. The van der Waals surface area contributed by atoms with Crippen molar-refractivity contribution < 1.29 is 19.1 Å². The number of hydrogen-bond donors (Lipinski definition) is 0. The molecule has 1 saturated heterocycles. The molecule has 2 amide bonds. The summed E-state index contributed by atoms with van der Waals surface area (Å²) in [5, 5.41) is 5.33. The molecule has 160 valence electrons. The second-order valence-corrected chi connectivity index (χ2v) is 9.51. The fourth-order valence-corrected chi connectivity index (χ4v) is 5.39. The number of nitrogens with zero attached hydrogens (tertiary/aromatic N) is 2. The molecular weight excluding hydrogens is 516 g/mol. The van der Waals surface area contributed by atoms with Gasteiger partial charge < -0.3 is 9.47 Å². The largest absolute Gasteiger partial charge is 0.490 e. The highest BCUT2D eigenvalue weighted by Gasteiger charge is 2.59. The number of amides is 2. The minimum Gasteiger partial charge on any atom is -0.490 e. The average molecular weight is 540 g/mol. The maximum atomic E-state index is 12.8. The number of halogens is 2. The Morgan fingerprint density at radius 1 is 1.17 bits per heavy atom. The Morgan fingerprint density at radius 2 is 1.80 bits per heavy atom. The van der Waals surface area contributed by atoms with Gasteiger partial charge in [0.1, 0.15) is 0 Å². The number of carbonyl (C=O) groups excluding carboxylic acids is 2. The second-order valence-electron chi connectivity index (χ2n) is 7.92. The highest BCUT2D eigenvalue weighted by molar-refractivity contribution is 9.13. The van der Waals surface area contributed by atoms with Gasteiger partial charge in [-0.15, -0.1) is 0 Å². The van der Waals surface area contributed by atoms with Gasteiger partial charge in [0.05, 0.1) is 35.2 Å². The molecule has 0 aromatic heterocycles. The van der Waals surface area contributed by atoms with E-state index in [4.69, 9.17) is 9.47 Å². The van der Waals surface area contributed by atoms with Gasteiger partial charge >= 0.3 is 0 Å². The van der Waals surface area contributed by atoms with Crippen LogP contribution in [0, 0.1) is 23.7 Å². The molecular formula is C22H24Br2N2O4. The molecule has 0 unspecified atom stereocenters. The third-order valence-electron chi connectivity index (χ3n) is 6.11. The fraction of sp³-hybridized carbons (Fsp3) is 0.500. The molecule has 1 aliphatic heterocycles. The number of hydrogen-bond acceptors (Lipinski definition) is 5. The second kappa shape index (κ2) is 8.46. The summed E-state index contributed by atoms with van der Waals surface area (Å²) >= 11 is 7.15. The van der Waals surface area contributed by atoms with Gasteiger partial charge in [0.2, 0.25) is 0 Å². The first-order valence-electron chi connectivity index (χ1n) is 10.3. The van der Waals surface area contributed by atoms with Crippen LogP contribution in [0.4, 0.5) is 0 Å². The number of fused-ring (bicyclic) bond motifs is 5. The Morgan fingerprint density at radius 3 is 2.37 bits per heavy atom. The smallest absolute Gasteiger partial charge is 0.254 e. The summed E-state index contributed by atoms with van der Waals surface area (Å²) in [6.45, 7) is 6.42. The van der Waals surface area contributed by atoms with Crippen molar-refractivity contribution in [1.29, 1.82) is 0 Å². The Hall–Kier alpha value is -1.67. The van der Waals surface area contributed by atoms with E-state index >= 15 is 0 Å². The summed E-state index contributed by atoms with van der Waals surface area (Å²) in [6.07, 6.45) is 7.45. The lowest BCUT2D eigenvalue weighted by Gasteiger charge is -2.19. The predicted octanol–water partition coefficient (Wildman–Crippen LogP) is 4.93. The highest BCUT2D eigenvalue weighted by atomic mass is 79.9. The van der Waals surface area contributed by atoms with E-state index in [1.807, 2.05) is 13.8 Å². The first-order valence-corrected chi connectivity index (χ1v) is 11.9. The first kappa shape index (κ1) is 21.6. The number of imide groups is 1. The van der Waals surface area contributed by atoms with Crippen LogP contribution in [0.1, 0.15) is 39.2 Å². The van der Waals surface area contributed by atoms with Crippen molar-refractivity contribution in [2.45, 2.75) is 39.7 Å². The summed E-state index contributed by atoms with van der Waals surface area (Å²) in [6, 6.07) is 1.80. The van der Waals surface area contributed by atoms with E-state index < -0.39 is 0 Å². The normalized spacial score (nSPS) is 28.0. The lowest BCUT2D eigenvalue weighted by atomic mass is 9.85. The number of hydrazone groups is 1. The van der Waals surface area contributed by atoms with Gasteiger partial charge in [-0.3, -0.25) is 9.59 Å². The van der Waals surface area contributed by atoms with Crippen LogP contribution in [0.15, 0.2) is 32.3 Å². The molecule has 1 heterocycles. The minimum absolute atomic E-state index is 0.0233. The Bertz CT molecular complexity index is 916. The first-order chi connectivity index (χ1) is 14.4. The molecule has 2 aliphatic carbocycles. The van der Waals surface area contributed by atoms with E-state index in [9.17, 15) is 9.59 Å². The highest BCUT2D eigenvalue weighted by Crippen LogP contribution is 2.52. The van der Waals surface area contributed by atoms with Crippen molar-refractivity contribution in [3.8, 4) is 11.5 Å². The lowest BCUT2D eigenvalue weighted by molar-refractivity contribution is -0.140. The molecule has 6 nitrogen and oxygen atoms in total. The maximum Gasteiger partial charge on any atom is 0.254 e. The van der Waals surface area contributed by atoms with Crippen molar-refractivity contribution in [1.82, 2.24) is 5.01 Å². The van der Waals surface area contributed by atoms with E-state index in [1.54, 1.807) is 6.07 Å². The van der Waals surface area contributed by atoms with Crippen molar-refractivity contribution in [3.63, 3.8) is 0 Å². The van der Waals surface area contributed by atoms with Crippen LogP contribution in [-0.4, -0.2) is 35.7 Å².